The Kier molecular flexibility index (Phi) is 4.72. The summed E-state index contributed by atoms with van der Waals surface area (Å²) in [6, 6.07) is 4.24. The summed E-state index contributed by atoms with van der Waals surface area (Å²) in [5.41, 5.74) is 0.617. The number of benzene rings is 1. The van der Waals surface area contributed by atoms with Gasteiger partial charge in [0.05, 0.1) is 5.69 Å². The summed E-state index contributed by atoms with van der Waals surface area (Å²) in [5, 5.41) is 6.07. The Morgan fingerprint density at radius 1 is 1.56 bits per heavy atom. The summed E-state index contributed by atoms with van der Waals surface area (Å²) in [6.07, 6.45) is 2.56. The highest BCUT2D eigenvalue weighted by molar-refractivity contribution is 9.10. The first kappa shape index (κ1) is 13.5. The van der Waals surface area contributed by atoms with Gasteiger partial charge in [-0.2, -0.15) is 0 Å². The quantitative estimate of drug-likeness (QED) is 0.897. The average molecular weight is 315 g/mol. The van der Waals surface area contributed by atoms with Crippen molar-refractivity contribution in [1.29, 1.82) is 0 Å². The molecule has 1 aromatic rings. The third-order valence-corrected chi connectivity index (χ3v) is 3.80. The molecule has 1 unspecified atom stereocenters. The molecule has 1 heterocycles. The normalized spacial score (nSPS) is 18.9. The molecule has 98 valence electrons. The molecular weight excluding hydrogens is 299 g/mol. The Balaban J connectivity index is 1.82. The molecule has 1 atom stereocenters. The number of rotatable bonds is 4. The highest BCUT2D eigenvalue weighted by Crippen LogP contribution is 2.23. The van der Waals surface area contributed by atoms with Crippen LogP contribution in [0.2, 0.25) is 0 Å². The van der Waals surface area contributed by atoms with E-state index in [2.05, 4.69) is 26.6 Å². The summed E-state index contributed by atoms with van der Waals surface area (Å²) in [5.74, 6) is 0.263. The molecule has 18 heavy (non-hydrogen) atoms. The molecule has 2 rings (SSSR count). The van der Waals surface area contributed by atoms with Crippen LogP contribution in [0.3, 0.4) is 0 Å². The Morgan fingerprint density at radius 2 is 2.39 bits per heavy atom. The van der Waals surface area contributed by atoms with Crippen LogP contribution in [0.4, 0.5) is 10.1 Å². The maximum atomic E-state index is 12.9. The van der Waals surface area contributed by atoms with Gasteiger partial charge in [-0.25, -0.2) is 4.39 Å². The lowest BCUT2D eigenvalue weighted by Gasteiger charge is -2.09. The van der Waals surface area contributed by atoms with E-state index in [1.165, 1.54) is 12.1 Å². The molecule has 1 aromatic carbocycles. The zero-order valence-corrected chi connectivity index (χ0v) is 11.6. The van der Waals surface area contributed by atoms with Gasteiger partial charge in [0.1, 0.15) is 5.82 Å². The molecule has 1 fully saturated rings. The maximum absolute atomic E-state index is 12.9. The van der Waals surface area contributed by atoms with E-state index in [1.54, 1.807) is 6.07 Å². The first-order valence-electron chi connectivity index (χ1n) is 6.11. The molecular formula is C13H16BrFN2O. The van der Waals surface area contributed by atoms with Crippen molar-refractivity contribution in [2.24, 2.45) is 5.92 Å². The van der Waals surface area contributed by atoms with E-state index >= 15 is 0 Å². The first-order chi connectivity index (χ1) is 8.65. The zero-order chi connectivity index (χ0) is 13.0. The van der Waals surface area contributed by atoms with E-state index in [9.17, 15) is 9.18 Å². The maximum Gasteiger partial charge on any atom is 0.224 e. The van der Waals surface area contributed by atoms with E-state index in [4.69, 9.17) is 0 Å². The summed E-state index contributed by atoms with van der Waals surface area (Å²) >= 11 is 3.23. The van der Waals surface area contributed by atoms with Crippen LogP contribution in [0.25, 0.3) is 0 Å². The van der Waals surface area contributed by atoms with Crippen molar-refractivity contribution in [3.8, 4) is 0 Å². The van der Waals surface area contributed by atoms with Crippen LogP contribution in [0, 0.1) is 11.7 Å². The lowest BCUT2D eigenvalue weighted by Crippen LogP contribution is -2.15. The van der Waals surface area contributed by atoms with Crippen LogP contribution in [0.5, 0.6) is 0 Å². The molecule has 5 heteroatoms. The Morgan fingerprint density at radius 3 is 3.06 bits per heavy atom. The summed E-state index contributed by atoms with van der Waals surface area (Å²) in [7, 11) is 0. The Hall–Kier alpha value is -0.940. The van der Waals surface area contributed by atoms with Crippen molar-refractivity contribution in [2.45, 2.75) is 19.3 Å². The van der Waals surface area contributed by atoms with Gasteiger partial charge in [0.15, 0.2) is 0 Å². The molecule has 1 amide bonds. The molecule has 1 saturated heterocycles. The second-order valence-corrected chi connectivity index (χ2v) is 5.42. The predicted octanol–water partition coefficient (Wildman–Crippen LogP) is 2.92. The standard InChI is InChI=1S/C13H16BrFN2O/c14-11-7-10(15)2-3-12(11)17-13(18)4-1-9-5-6-16-8-9/h2-3,7,9,16H,1,4-6,8H2,(H,17,18). The topological polar surface area (TPSA) is 41.1 Å². The summed E-state index contributed by atoms with van der Waals surface area (Å²) in [4.78, 5) is 11.8. The van der Waals surface area contributed by atoms with Gasteiger partial charge < -0.3 is 10.6 Å². The van der Waals surface area contributed by atoms with Crippen LogP contribution in [0.15, 0.2) is 22.7 Å². The second-order valence-electron chi connectivity index (χ2n) is 4.57. The predicted molar refractivity (Wildman–Crippen MR) is 72.9 cm³/mol. The van der Waals surface area contributed by atoms with Gasteiger partial charge in [0.25, 0.3) is 0 Å². The number of hydrogen-bond acceptors (Lipinski definition) is 2. The number of carbonyl (C=O) groups excluding carboxylic acids is 1. The third-order valence-electron chi connectivity index (χ3n) is 3.15. The van der Waals surface area contributed by atoms with Gasteiger partial charge >= 0.3 is 0 Å². The van der Waals surface area contributed by atoms with Crippen LogP contribution in [-0.4, -0.2) is 19.0 Å². The molecule has 0 aliphatic carbocycles. The number of hydrogen-bond donors (Lipinski definition) is 2. The highest BCUT2D eigenvalue weighted by atomic mass is 79.9. The molecule has 2 N–H and O–H groups in total. The molecule has 0 aromatic heterocycles. The van der Waals surface area contributed by atoms with Gasteiger partial charge in [0.2, 0.25) is 5.91 Å². The van der Waals surface area contributed by atoms with Crippen molar-refractivity contribution >= 4 is 27.5 Å². The minimum absolute atomic E-state index is 0.0193. The number of halogens is 2. The number of carbonyl (C=O) groups is 1. The zero-order valence-electron chi connectivity index (χ0n) is 10.0. The van der Waals surface area contributed by atoms with Gasteiger partial charge in [-0.3, -0.25) is 4.79 Å². The summed E-state index contributed by atoms with van der Waals surface area (Å²) in [6.45, 7) is 2.06. The van der Waals surface area contributed by atoms with E-state index in [0.717, 1.165) is 25.9 Å². The molecule has 1 aliphatic heterocycles. The molecule has 0 bridgehead atoms. The fourth-order valence-electron chi connectivity index (χ4n) is 2.10. The molecule has 1 aliphatic rings. The SMILES string of the molecule is O=C(CCC1CCNC1)Nc1ccc(F)cc1Br. The van der Waals surface area contributed by atoms with E-state index in [-0.39, 0.29) is 11.7 Å². The van der Waals surface area contributed by atoms with Crippen molar-refractivity contribution in [2.75, 3.05) is 18.4 Å². The van der Waals surface area contributed by atoms with Crippen molar-refractivity contribution in [1.82, 2.24) is 5.32 Å². The Bertz CT molecular complexity index is 433. The minimum Gasteiger partial charge on any atom is -0.325 e. The van der Waals surface area contributed by atoms with Gasteiger partial charge in [-0.15, -0.1) is 0 Å². The monoisotopic (exact) mass is 314 g/mol. The molecule has 0 radical (unpaired) electrons. The number of nitrogens with one attached hydrogen (secondary N) is 2. The minimum atomic E-state index is -0.322. The second kappa shape index (κ2) is 6.29. The summed E-state index contributed by atoms with van der Waals surface area (Å²) < 4.78 is 13.5. The third kappa shape index (κ3) is 3.78. The average Bonchev–Trinajstić information content (AvgIpc) is 2.83. The van der Waals surface area contributed by atoms with Crippen molar-refractivity contribution < 1.29 is 9.18 Å². The van der Waals surface area contributed by atoms with Crippen molar-refractivity contribution in [3.05, 3.63) is 28.5 Å². The van der Waals surface area contributed by atoms with Gasteiger partial charge in [-0.1, -0.05) is 0 Å². The van der Waals surface area contributed by atoms with Crippen molar-refractivity contribution in [3.63, 3.8) is 0 Å². The van der Waals surface area contributed by atoms with Crippen LogP contribution in [0.1, 0.15) is 19.3 Å². The number of amides is 1. The van der Waals surface area contributed by atoms with E-state index < -0.39 is 0 Å². The van der Waals surface area contributed by atoms with Crippen LogP contribution in [-0.2, 0) is 4.79 Å². The number of anilines is 1. The first-order valence-corrected chi connectivity index (χ1v) is 6.90. The van der Waals surface area contributed by atoms with E-state index in [0.29, 0.717) is 22.5 Å². The molecule has 0 saturated carbocycles. The largest absolute Gasteiger partial charge is 0.325 e. The highest BCUT2D eigenvalue weighted by Gasteiger charge is 2.16. The Labute approximate surface area is 114 Å². The fourth-order valence-corrected chi connectivity index (χ4v) is 2.55. The van der Waals surface area contributed by atoms with Crippen LogP contribution < -0.4 is 10.6 Å². The fraction of sp³-hybridized carbons (Fsp3) is 0.462. The molecule has 3 nitrogen and oxygen atoms in total. The lowest BCUT2D eigenvalue weighted by molar-refractivity contribution is -0.116. The van der Waals surface area contributed by atoms with Gasteiger partial charge in [-0.05, 0) is 66.0 Å². The lowest BCUT2D eigenvalue weighted by atomic mass is 10.0. The van der Waals surface area contributed by atoms with Crippen LogP contribution >= 0.6 is 15.9 Å². The molecule has 0 spiro atoms. The van der Waals surface area contributed by atoms with Gasteiger partial charge in [0, 0.05) is 10.9 Å². The smallest absolute Gasteiger partial charge is 0.224 e. The van der Waals surface area contributed by atoms with E-state index in [1.807, 2.05) is 0 Å².